The van der Waals surface area contributed by atoms with Crippen molar-refractivity contribution < 1.29 is 4.74 Å². The number of allylic oxidation sites excluding steroid dienone is 6. The van der Waals surface area contributed by atoms with E-state index in [1.54, 1.807) is 7.11 Å². The lowest BCUT2D eigenvalue weighted by Crippen LogP contribution is -2.28. The molecule has 6 rings (SSSR count). The molecule has 2 heterocycles. The fourth-order valence-electron chi connectivity index (χ4n) is 6.47. The van der Waals surface area contributed by atoms with Gasteiger partial charge < -0.3 is 9.64 Å². The Morgan fingerprint density at radius 2 is 1.41 bits per heavy atom. The van der Waals surface area contributed by atoms with Crippen molar-refractivity contribution in [2.45, 2.75) is 38.5 Å². The summed E-state index contributed by atoms with van der Waals surface area (Å²) in [5.74, 6) is 0. The Bertz CT molecular complexity index is 1700. The van der Waals surface area contributed by atoms with Crippen LogP contribution >= 0.6 is 0 Å². The maximum Gasteiger partial charge on any atom is 0.0681 e. The van der Waals surface area contributed by atoms with E-state index in [0.29, 0.717) is 6.61 Å². The third-order valence-electron chi connectivity index (χ3n) is 8.42. The summed E-state index contributed by atoms with van der Waals surface area (Å²) in [6.45, 7) is 10.7. The molecule has 0 aliphatic carbocycles. The van der Waals surface area contributed by atoms with Gasteiger partial charge in [-0.2, -0.15) is 0 Å². The van der Waals surface area contributed by atoms with Crippen LogP contribution < -0.4 is 4.90 Å². The van der Waals surface area contributed by atoms with Crippen molar-refractivity contribution in [3.8, 4) is 0 Å². The average Bonchev–Trinajstić information content (AvgIpc) is 3.33. The van der Waals surface area contributed by atoms with Gasteiger partial charge in [0.2, 0.25) is 0 Å². The number of nitrogens with zero attached hydrogens (tertiary/aromatic N) is 2. The normalized spacial score (nSPS) is 18.5. The van der Waals surface area contributed by atoms with Crippen LogP contribution in [-0.2, 0) is 15.6 Å². The Kier molecular flexibility index (Phi) is 6.28. The molecule has 0 spiro atoms. The number of fused-ring (bicyclic) bond motifs is 6. The summed E-state index contributed by atoms with van der Waals surface area (Å²) >= 11 is 0. The highest BCUT2D eigenvalue weighted by Gasteiger charge is 2.41. The van der Waals surface area contributed by atoms with E-state index in [-0.39, 0.29) is 10.8 Å². The fraction of sp³-hybridized carbons (Fsp3) is 0.250. The van der Waals surface area contributed by atoms with Gasteiger partial charge in [-0.05, 0) is 57.0 Å². The van der Waals surface area contributed by atoms with E-state index in [1.165, 1.54) is 44.1 Å². The van der Waals surface area contributed by atoms with Gasteiger partial charge in [0.05, 0.1) is 18.0 Å². The maximum atomic E-state index is 5.48. The molecule has 0 aromatic heterocycles. The van der Waals surface area contributed by atoms with Crippen LogP contribution in [0.25, 0.3) is 21.5 Å². The van der Waals surface area contributed by atoms with Crippen molar-refractivity contribution >= 4 is 38.6 Å². The Labute approximate surface area is 231 Å². The van der Waals surface area contributed by atoms with Crippen LogP contribution in [-0.4, -0.2) is 26.0 Å². The van der Waals surface area contributed by atoms with Gasteiger partial charge in [0.25, 0.3) is 0 Å². The van der Waals surface area contributed by atoms with Gasteiger partial charge in [-0.25, -0.2) is 0 Å². The second kappa shape index (κ2) is 9.66. The lowest BCUT2D eigenvalue weighted by Gasteiger charge is -2.27. The highest BCUT2D eigenvalue weighted by atomic mass is 16.5. The minimum absolute atomic E-state index is 0.127. The van der Waals surface area contributed by atoms with Crippen LogP contribution in [0.1, 0.15) is 38.8 Å². The first-order valence-electron chi connectivity index (χ1n) is 13.8. The number of aliphatic imine (C=N–C) groups is 1. The standard InChI is InChI=1S/C36H36N2O/c1-35(2)31(37-29-21-19-25-13-9-11-15-27(25)33(29)35)17-7-6-8-18-32-36(3,4)34-28-16-12-10-14-26(28)20-22-30(34)38(32)23-24-39-5/h6-22H,23-24H2,1-5H3. The lowest BCUT2D eigenvalue weighted by molar-refractivity contribution is 0.206. The number of ether oxygens (including phenoxy) is 1. The van der Waals surface area contributed by atoms with Crippen LogP contribution in [0, 0.1) is 0 Å². The Hall–Kier alpha value is -3.95. The van der Waals surface area contributed by atoms with E-state index in [0.717, 1.165) is 17.9 Å². The van der Waals surface area contributed by atoms with Gasteiger partial charge in [0.1, 0.15) is 0 Å². The third-order valence-corrected chi connectivity index (χ3v) is 8.42. The van der Waals surface area contributed by atoms with Crippen molar-refractivity contribution in [3.05, 3.63) is 120 Å². The minimum Gasteiger partial charge on any atom is -0.383 e. The van der Waals surface area contributed by atoms with Crippen molar-refractivity contribution in [2.75, 3.05) is 25.2 Å². The molecule has 0 saturated carbocycles. The number of methoxy groups -OCH3 is 1. The molecule has 0 unspecified atom stereocenters. The van der Waals surface area contributed by atoms with Crippen molar-refractivity contribution in [1.82, 2.24) is 0 Å². The minimum atomic E-state index is -0.147. The smallest absolute Gasteiger partial charge is 0.0681 e. The molecule has 4 aromatic carbocycles. The molecule has 196 valence electrons. The van der Waals surface area contributed by atoms with Gasteiger partial charge in [-0.15, -0.1) is 0 Å². The monoisotopic (exact) mass is 512 g/mol. The first-order valence-corrected chi connectivity index (χ1v) is 13.8. The molecular weight excluding hydrogens is 476 g/mol. The second-order valence-corrected chi connectivity index (χ2v) is 11.5. The summed E-state index contributed by atoms with van der Waals surface area (Å²) in [6, 6.07) is 26.1. The molecule has 0 radical (unpaired) electrons. The predicted octanol–water partition coefficient (Wildman–Crippen LogP) is 8.80. The first kappa shape index (κ1) is 25.3. The summed E-state index contributed by atoms with van der Waals surface area (Å²) in [5.41, 5.74) is 7.16. The number of anilines is 1. The maximum absolute atomic E-state index is 5.48. The molecule has 3 nitrogen and oxygen atoms in total. The first-order chi connectivity index (χ1) is 18.8. The molecule has 0 bridgehead atoms. The molecule has 0 saturated heterocycles. The molecule has 2 aliphatic rings. The van der Waals surface area contributed by atoms with Crippen LogP contribution in [0.2, 0.25) is 0 Å². The zero-order valence-electron chi connectivity index (χ0n) is 23.5. The summed E-state index contributed by atoms with van der Waals surface area (Å²) in [4.78, 5) is 7.43. The third kappa shape index (κ3) is 4.13. The SMILES string of the molecule is COCCN1C(=CC=CC=CC2=Nc3ccc4ccccc4c3C2(C)C)C(C)(C)c2c1ccc1ccccc21. The molecule has 0 amide bonds. The average molecular weight is 513 g/mol. The number of hydrogen-bond donors (Lipinski definition) is 0. The van der Waals surface area contributed by atoms with Crippen LogP contribution in [0.4, 0.5) is 11.4 Å². The molecule has 2 aliphatic heterocycles. The van der Waals surface area contributed by atoms with Crippen LogP contribution in [0.5, 0.6) is 0 Å². The number of hydrogen-bond acceptors (Lipinski definition) is 3. The summed E-state index contributed by atoms with van der Waals surface area (Å²) in [6.07, 6.45) is 10.8. The van der Waals surface area contributed by atoms with E-state index in [4.69, 9.17) is 9.73 Å². The van der Waals surface area contributed by atoms with Crippen LogP contribution in [0.15, 0.2) is 114 Å². The largest absolute Gasteiger partial charge is 0.383 e. The summed E-state index contributed by atoms with van der Waals surface area (Å²) in [5, 5.41) is 5.16. The van der Waals surface area contributed by atoms with Gasteiger partial charge >= 0.3 is 0 Å². The van der Waals surface area contributed by atoms with Gasteiger partial charge in [0.15, 0.2) is 0 Å². The zero-order chi connectivity index (χ0) is 27.2. The van der Waals surface area contributed by atoms with Gasteiger partial charge in [-0.3, -0.25) is 4.99 Å². The lowest BCUT2D eigenvalue weighted by atomic mass is 9.79. The van der Waals surface area contributed by atoms with Crippen molar-refractivity contribution in [2.24, 2.45) is 4.99 Å². The van der Waals surface area contributed by atoms with E-state index < -0.39 is 0 Å². The summed E-state index contributed by atoms with van der Waals surface area (Å²) < 4.78 is 5.48. The molecule has 3 heteroatoms. The van der Waals surface area contributed by atoms with E-state index in [1.807, 2.05) is 0 Å². The Morgan fingerprint density at radius 1 is 0.744 bits per heavy atom. The topological polar surface area (TPSA) is 24.8 Å². The number of rotatable bonds is 6. The molecular formula is C36H36N2O. The molecule has 0 fully saturated rings. The van der Waals surface area contributed by atoms with Gasteiger partial charge in [-0.1, -0.05) is 107 Å². The molecule has 4 aromatic rings. The predicted molar refractivity (Wildman–Crippen MR) is 167 cm³/mol. The quantitative estimate of drug-likeness (QED) is 0.241. The van der Waals surface area contributed by atoms with E-state index in [2.05, 4.69) is 136 Å². The van der Waals surface area contributed by atoms with Crippen molar-refractivity contribution in [1.29, 1.82) is 0 Å². The molecule has 39 heavy (non-hydrogen) atoms. The van der Waals surface area contributed by atoms with Crippen LogP contribution in [0.3, 0.4) is 0 Å². The Morgan fingerprint density at radius 3 is 2.13 bits per heavy atom. The fourth-order valence-corrected chi connectivity index (χ4v) is 6.47. The Balaban J connectivity index is 1.30. The van der Waals surface area contributed by atoms with Gasteiger partial charge in [0, 0.05) is 35.9 Å². The molecule has 0 N–H and O–H groups in total. The van der Waals surface area contributed by atoms with E-state index >= 15 is 0 Å². The number of benzene rings is 4. The highest BCUT2D eigenvalue weighted by molar-refractivity contribution is 6.12. The second-order valence-electron chi connectivity index (χ2n) is 11.5. The molecule has 0 atom stereocenters. The highest BCUT2D eigenvalue weighted by Crippen LogP contribution is 2.50. The summed E-state index contributed by atoms with van der Waals surface area (Å²) in [7, 11) is 1.77. The van der Waals surface area contributed by atoms with E-state index in [9.17, 15) is 0 Å². The zero-order valence-corrected chi connectivity index (χ0v) is 23.5. The van der Waals surface area contributed by atoms with Crippen molar-refractivity contribution in [3.63, 3.8) is 0 Å².